The van der Waals surface area contributed by atoms with Crippen LogP contribution in [0, 0.1) is 0 Å². The average Bonchev–Trinajstić information content (AvgIpc) is 2.24. The highest BCUT2D eigenvalue weighted by molar-refractivity contribution is 6.42. The van der Waals surface area contributed by atoms with Crippen molar-refractivity contribution in [2.45, 2.75) is 0 Å². The summed E-state index contributed by atoms with van der Waals surface area (Å²) in [6, 6.07) is 5.24. The van der Waals surface area contributed by atoms with Crippen LogP contribution in [0.25, 0.3) is 0 Å². The Balaban J connectivity index is 2.34. The van der Waals surface area contributed by atoms with Gasteiger partial charge in [0.25, 0.3) is 0 Å². The van der Waals surface area contributed by atoms with Crippen molar-refractivity contribution >= 4 is 23.2 Å². The van der Waals surface area contributed by atoms with E-state index in [-0.39, 0.29) is 0 Å². The molecular weight excluding hydrogens is 247 g/mol. The number of benzene rings is 1. The molecule has 0 aliphatic heterocycles. The molecule has 0 atom stereocenters. The van der Waals surface area contributed by atoms with E-state index in [1.807, 2.05) is 7.05 Å². The highest BCUT2D eigenvalue weighted by Gasteiger charge is 2.01. The highest BCUT2D eigenvalue weighted by Crippen LogP contribution is 2.26. The summed E-state index contributed by atoms with van der Waals surface area (Å²) in [5.74, 6) is 0.732. The van der Waals surface area contributed by atoms with Crippen LogP contribution in [0.5, 0.6) is 5.75 Å². The largest absolute Gasteiger partial charge is 0.492 e. The summed E-state index contributed by atoms with van der Waals surface area (Å²) in [7, 11) is 2.01. The van der Waals surface area contributed by atoms with Gasteiger partial charge in [0.2, 0.25) is 0 Å². The second-order valence-electron chi connectivity index (χ2n) is 3.52. The normalized spacial score (nSPS) is 10.8. The summed E-state index contributed by atoms with van der Waals surface area (Å²) >= 11 is 11.7. The predicted octanol–water partition coefficient (Wildman–Crippen LogP) is 2.26. The fourth-order valence-corrected chi connectivity index (χ4v) is 1.51. The lowest BCUT2D eigenvalue weighted by Crippen LogP contribution is -2.29. The number of likely N-dealkylation sites (N-methyl/N-ethyl adjacent to an activating group) is 1. The molecule has 0 unspecified atom stereocenters. The Bertz CT molecular complexity index is 334. The van der Waals surface area contributed by atoms with Gasteiger partial charge in [-0.25, -0.2) is 0 Å². The fourth-order valence-electron chi connectivity index (χ4n) is 1.22. The number of hydrogen-bond donors (Lipinski definition) is 1. The van der Waals surface area contributed by atoms with Gasteiger partial charge in [-0.1, -0.05) is 23.2 Å². The van der Waals surface area contributed by atoms with Crippen LogP contribution in [-0.2, 0) is 0 Å². The number of nitrogens with zero attached hydrogens (tertiary/aromatic N) is 1. The highest BCUT2D eigenvalue weighted by atomic mass is 35.5. The Hall–Kier alpha value is -0.480. The van der Waals surface area contributed by atoms with Crippen LogP contribution in [0.4, 0.5) is 0 Å². The second-order valence-corrected chi connectivity index (χ2v) is 4.33. The van der Waals surface area contributed by atoms with Crippen molar-refractivity contribution in [2.24, 2.45) is 5.73 Å². The van der Waals surface area contributed by atoms with Crippen LogP contribution in [0.3, 0.4) is 0 Å². The Kier molecular flexibility index (Phi) is 5.91. The van der Waals surface area contributed by atoms with Crippen LogP contribution < -0.4 is 10.5 Å². The van der Waals surface area contributed by atoms with Crippen molar-refractivity contribution in [1.29, 1.82) is 0 Å². The minimum atomic E-state index is 0.509. The van der Waals surface area contributed by atoms with Crippen LogP contribution in [0.1, 0.15) is 0 Å². The lowest BCUT2D eigenvalue weighted by molar-refractivity contribution is 0.241. The molecule has 1 aromatic carbocycles. The van der Waals surface area contributed by atoms with Gasteiger partial charge >= 0.3 is 0 Å². The van der Waals surface area contributed by atoms with Gasteiger partial charge in [0.1, 0.15) is 12.4 Å². The summed E-state index contributed by atoms with van der Waals surface area (Å²) in [6.45, 7) is 2.96. The van der Waals surface area contributed by atoms with Gasteiger partial charge in [-0.05, 0) is 19.2 Å². The summed E-state index contributed by atoms with van der Waals surface area (Å²) in [6.07, 6.45) is 0. The number of nitrogens with two attached hydrogens (primary N) is 1. The molecular formula is C11H16Cl2N2O. The van der Waals surface area contributed by atoms with Crippen molar-refractivity contribution in [3.63, 3.8) is 0 Å². The summed E-state index contributed by atoms with van der Waals surface area (Å²) in [5.41, 5.74) is 5.43. The molecule has 0 radical (unpaired) electrons. The minimum Gasteiger partial charge on any atom is -0.492 e. The lowest BCUT2D eigenvalue weighted by Gasteiger charge is -2.15. The number of hydrogen-bond acceptors (Lipinski definition) is 3. The lowest BCUT2D eigenvalue weighted by atomic mass is 10.3. The third-order valence-electron chi connectivity index (χ3n) is 2.14. The molecule has 1 aromatic rings. The van der Waals surface area contributed by atoms with E-state index in [0.717, 1.165) is 18.8 Å². The van der Waals surface area contributed by atoms with Crippen molar-refractivity contribution in [2.75, 3.05) is 33.3 Å². The Morgan fingerprint density at radius 1 is 1.25 bits per heavy atom. The summed E-state index contributed by atoms with van der Waals surface area (Å²) in [5, 5.41) is 1.05. The molecule has 1 rings (SSSR count). The smallest absolute Gasteiger partial charge is 0.120 e. The second kappa shape index (κ2) is 6.97. The van der Waals surface area contributed by atoms with E-state index < -0.39 is 0 Å². The number of rotatable bonds is 6. The van der Waals surface area contributed by atoms with Crippen molar-refractivity contribution < 1.29 is 4.74 Å². The first-order valence-electron chi connectivity index (χ1n) is 5.10. The molecule has 0 spiro atoms. The molecule has 90 valence electrons. The Morgan fingerprint density at radius 2 is 2.00 bits per heavy atom. The van der Waals surface area contributed by atoms with Gasteiger partial charge in [-0.15, -0.1) is 0 Å². The van der Waals surface area contributed by atoms with Crippen LogP contribution in [-0.4, -0.2) is 38.2 Å². The first kappa shape index (κ1) is 13.6. The quantitative estimate of drug-likeness (QED) is 0.855. The zero-order chi connectivity index (χ0) is 12.0. The van der Waals surface area contributed by atoms with E-state index in [9.17, 15) is 0 Å². The van der Waals surface area contributed by atoms with E-state index in [1.165, 1.54) is 0 Å². The zero-order valence-corrected chi connectivity index (χ0v) is 10.8. The Morgan fingerprint density at radius 3 is 2.62 bits per heavy atom. The fraction of sp³-hybridized carbons (Fsp3) is 0.455. The molecule has 3 nitrogen and oxygen atoms in total. The van der Waals surface area contributed by atoms with Crippen LogP contribution in [0.15, 0.2) is 18.2 Å². The molecule has 16 heavy (non-hydrogen) atoms. The average molecular weight is 263 g/mol. The van der Waals surface area contributed by atoms with E-state index in [2.05, 4.69) is 4.90 Å². The maximum atomic E-state index is 5.87. The Labute approximate surface area is 106 Å². The van der Waals surface area contributed by atoms with Crippen molar-refractivity contribution in [1.82, 2.24) is 4.90 Å². The van der Waals surface area contributed by atoms with E-state index in [0.29, 0.717) is 23.2 Å². The third kappa shape index (κ3) is 4.58. The van der Waals surface area contributed by atoms with Gasteiger partial charge in [0, 0.05) is 25.7 Å². The zero-order valence-electron chi connectivity index (χ0n) is 9.25. The monoisotopic (exact) mass is 262 g/mol. The maximum absolute atomic E-state index is 5.87. The summed E-state index contributed by atoms with van der Waals surface area (Å²) in [4.78, 5) is 2.11. The number of halogens is 2. The molecule has 0 saturated carbocycles. The molecule has 0 saturated heterocycles. The topological polar surface area (TPSA) is 38.5 Å². The molecule has 0 aromatic heterocycles. The maximum Gasteiger partial charge on any atom is 0.120 e. The van der Waals surface area contributed by atoms with E-state index in [1.54, 1.807) is 18.2 Å². The predicted molar refractivity (Wildman–Crippen MR) is 68.5 cm³/mol. The van der Waals surface area contributed by atoms with Crippen LogP contribution in [0.2, 0.25) is 10.0 Å². The first-order chi connectivity index (χ1) is 7.63. The van der Waals surface area contributed by atoms with Crippen LogP contribution >= 0.6 is 23.2 Å². The summed E-state index contributed by atoms with van der Waals surface area (Å²) < 4.78 is 5.53. The molecule has 5 heteroatoms. The standard InChI is InChI=1S/C11H16Cl2N2O/c1-15(5-4-14)6-7-16-9-2-3-10(12)11(13)8-9/h2-3,8H,4-7,14H2,1H3. The molecule has 2 N–H and O–H groups in total. The van der Waals surface area contributed by atoms with Crippen molar-refractivity contribution in [3.8, 4) is 5.75 Å². The van der Waals surface area contributed by atoms with Gasteiger partial charge in [-0.2, -0.15) is 0 Å². The molecule has 0 aliphatic rings. The molecule has 0 amide bonds. The molecule has 0 bridgehead atoms. The van der Waals surface area contributed by atoms with Gasteiger partial charge in [0.15, 0.2) is 0 Å². The SMILES string of the molecule is CN(CCN)CCOc1ccc(Cl)c(Cl)c1. The van der Waals surface area contributed by atoms with Gasteiger partial charge in [-0.3, -0.25) is 0 Å². The third-order valence-corrected chi connectivity index (χ3v) is 2.88. The molecule has 0 heterocycles. The minimum absolute atomic E-state index is 0.509. The first-order valence-corrected chi connectivity index (χ1v) is 5.85. The van der Waals surface area contributed by atoms with E-state index >= 15 is 0 Å². The molecule has 0 aliphatic carbocycles. The van der Waals surface area contributed by atoms with E-state index in [4.69, 9.17) is 33.7 Å². The number of ether oxygens (including phenoxy) is 1. The van der Waals surface area contributed by atoms with Gasteiger partial charge in [0.05, 0.1) is 10.0 Å². The molecule has 0 fully saturated rings. The van der Waals surface area contributed by atoms with Crippen molar-refractivity contribution in [3.05, 3.63) is 28.2 Å². The van der Waals surface area contributed by atoms with Gasteiger partial charge < -0.3 is 15.4 Å².